The van der Waals surface area contributed by atoms with E-state index in [2.05, 4.69) is 10.6 Å². The predicted molar refractivity (Wildman–Crippen MR) is 119 cm³/mol. The lowest BCUT2D eigenvalue weighted by Crippen LogP contribution is -2.56. The third-order valence-electron chi connectivity index (χ3n) is 4.59. The summed E-state index contributed by atoms with van der Waals surface area (Å²) in [6.45, 7) is 9.82. The zero-order valence-electron chi connectivity index (χ0n) is 19.2. The Morgan fingerprint density at radius 3 is 2.19 bits per heavy atom. The van der Waals surface area contributed by atoms with Crippen LogP contribution in [0.2, 0.25) is 0 Å². The Balaban J connectivity index is 2.68. The number of benzene rings is 1. The van der Waals surface area contributed by atoms with Crippen molar-refractivity contribution in [2.45, 2.75) is 65.8 Å². The van der Waals surface area contributed by atoms with Crippen molar-refractivity contribution in [2.24, 2.45) is 17.6 Å². The monoisotopic (exact) mass is 435 g/mol. The van der Waals surface area contributed by atoms with E-state index >= 15 is 0 Å². The quantitative estimate of drug-likeness (QED) is 0.406. The lowest BCUT2D eigenvalue weighted by molar-refractivity contribution is -0.149. The summed E-state index contributed by atoms with van der Waals surface area (Å²) in [4.78, 5) is 37.6. The molecule has 2 amide bonds. The minimum absolute atomic E-state index is 0.0220. The van der Waals surface area contributed by atoms with E-state index in [0.29, 0.717) is 13.0 Å². The van der Waals surface area contributed by atoms with Crippen LogP contribution in [0.4, 0.5) is 0 Å². The van der Waals surface area contributed by atoms with E-state index in [0.717, 1.165) is 5.56 Å². The first-order valence-corrected chi connectivity index (χ1v) is 10.8. The Bertz CT molecular complexity index is 694. The van der Waals surface area contributed by atoms with Gasteiger partial charge in [0, 0.05) is 0 Å². The van der Waals surface area contributed by atoms with Crippen molar-refractivity contribution < 1.29 is 23.9 Å². The number of ether oxygens (including phenoxy) is 2. The number of nitrogens with two attached hydrogens (primary N) is 1. The summed E-state index contributed by atoms with van der Waals surface area (Å²) in [5, 5.41) is 5.42. The minimum atomic E-state index is -0.919. The molecule has 0 aliphatic rings. The van der Waals surface area contributed by atoms with Gasteiger partial charge >= 0.3 is 5.97 Å². The van der Waals surface area contributed by atoms with Crippen molar-refractivity contribution in [2.75, 3.05) is 13.2 Å². The van der Waals surface area contributed by atoms with E-state index < -0.39 is 35.9 Å². The third-order valence-corrected chi connectivity index (χ3v) is 4.59. The second-order valence-electron chi connectivity index (χ2n) is 8.28. The van der Waals surface area contributed by atoms with Gasteiger partial charge in [0.1, 0.15) is 18.1 Å². The molecule has 8 heteroatoms. The van der Waals surface area contributed by atoms with Crippen molar-refractivity contribution >= 4 is 17.8 Å². The third kappa shape index (κ3) is 9.93. The maximum Gasteiger partial charge on any atom is 0.328 e. The number of nitrogens with one attached hydrogen (secondary N) is 2. The highest BCUT2D eigenvalue weighted by atomic mass is 16.5. The van der Waals surface area contributed by atoms with Gasteiger partial charge in [-0.3, -0.25) is 9.59 Å². The van der Waals surface area contributed by atoms with E-state index in [1.165, 1.54) is 0 Å². The molecule has 0 heterocycles. The van der Waals surface area contributed by atoms with Crippen LogP contribution < -0.4 is 16.4 Å². The fraction of sp³-hybridized carbons (Fsp3) is 0.609. The summed E-state index contributed by atoms with van der Waals surface area (Å²) >= 11 is 0. The van der Waals surface area contributed by atoms with Crippen LogP contribution in [0.25, 0.3) is 0 Å². The molecule has 4 N–H and O–H groups in total. The Labute approximate surface area is 185 Å². The van der Waals surface area contributed by atoms with Crippen LogP contribution in [-0.4, -0.2) is 49.1 Å². The number of hydrogen-bond acceptors (Lipinski definition) is 6. The molecule has 1 rings (SSSR count). The van der Waals surface area contributed by atoms with Crippen LogP contribution in [0.5, 0.6) is 0 Å². The maximum absolute atomic E-state index is 12.9. The van der Waals surface area contributed by atoms with E-state index in [9.17, 15) is 14.4 Å². The van der Waals surface area contributed by atoms with Gasteiger partial charge in [-0.15, -0.1) is 0 Å². The molecular weight excluding hydrogens is 398 g/mol. The Morgan fingerprint density at radius 1 is 1.00 bits per heavy atom. The van der Waals surface area contributed by atoms with E-state index in [1.54, 1.807) is 6.92 Å². The Morgan fingerprint density at radius 2 is 1.65 bits per heavy atom. The number of carbonyl (C=O) groups excluding carboxylic acids is 3. The topological polar surface area (TPSA) is 120 Å². The summed E-state index contributed by atoms with van der Waals surface area (Å²) in [5.41, 5.74) is 6.93. The van der Waals surface area contributed by atoms with Crippen LogP contribution in [-0.2, 0) is 30.5 Å². The van der Waals surface area contributed by atoms with E-state index in [-0.39, 0.29) is 25.0 Å². The van der Waals surface area contributed by atoms with Crippen LogP contribution >= 0.6 is 0 Å². The van der Waals surface area contributed by atoms with Crippen LogP contribution in [0, 0.1) is 11.8 Å². The van der Waals surface area contributed by atoms with Crippen LogP contribution in [0.3, 0.4) is 0 Å². The summed E-state index contributed by atoms with van der Waals surface area (Å²) in [5.74, 6) is -1.43. The SMILES string of the molecule is CCOC(=O)[C@@H](NC(=O)[C@H](CC(C)C)NC(=O)[C@@H](N)COCc1ccccc1)C(C)C. The molecule has 0 bridgehead atoms. The summed E-state index contributed by atoms with van der Waals surface area (Å²) in [6.07, 6.45) is 0.406. The fourth-order valence-electron chi connectivity index (χ4n) is 2.92. The van der Waals surface area contributed by atoms with Crippen molar-refractivity contribution in [3.8, 4) is 0 Å². The first-order valence-electron chi connectivity index (χ1n) is 10.8. The van der Waals surface area contributed by atoms with Crippen molar-refractivity contribution in [3.63, 3.8) is 0 Å². The second kappa shape index (κ2) is 13.8. The smallest absolute Gasteiger partial charge is 0.328 e. The molecule has 31 heavy (non-hydrogen) atoms. The van der Waals surface area contributed by atoms with Gasteiger partial charge in [0.2, 0.25) is 11.8 Å². The number of hydrogen-bond donors (Lipinski definition) is 3. The van der Waals surface area contributed by atoms with Crippen molar-refractivity contribution in [1.82, 2.24) is 10.6 Å². The van der Waals surface area contributed by atoms with Gasteiger partial charge in [0.15, 0.2) is 0 Å². The first kappa shape index (κ1) is 26.6. The highest BCUT2D eigenvalue weighted by Crippen LogP contribution is 2.09. The highest BCUT2D eigenvalue weighted by molar-refractivity contribution is 5.92. The molecule has 0 saturated heterocycles. The molecule has 0 aliphatic carbocycles. The average molecular weight is 436 g/mol. The molecule has 0 saturated carbocycles. The van der Waals surface area contributed by atoms with E-state index in [1.807, 2.05) is 58.0 Å². The van der Waals surface area contributed by atoms with E-state index in [4.69, 9.17) is 15.2 Å². The van der Waals surface area contributed by atoms with Gasteiger partial charge in [-0.1, -0.05) is 58.0 Å². The summed E-state index contributed by atoms with van der Waals surface area (Å²) < 4.78 is 10.6. The molecule has 0 radical (unpaired) electrons. The van der Waals surface area contributed by atoms with Gasteiger partial charge in [0.25, 0.3) is 0 Å². The average Bonchev–Trinajstić information content (AvgIpc) is 2.71. The molecule has 0 spiro atoms. The standard InChI is InChI=1S/C23H37N3O5/c1-6-31-23(29)20(16(4)5)26-22(28)19(12-15(2)3)25-21(27)18(24)14-30-13-17-10-8-7-9-11-17/h7-11,15-16,18-20H,6,12-14,24H2,1-5H3,(H,25,27)(H,26,28)/t18-,19-,20-/m0/s1. The lowest BCUT2D eigenvalue weighted by atomic mass is 10.00. The Hall–Kier alpha value is -2.45. The van der Waals surface area contributed by atoms with Crippen LogP contribution in [0.1, 0.15) is 46.6 Å². The summed E-state index contributed by atoms with van der Waals surface area (Å²) in [6, 6.07) is 7.03. The van der Waals surface area contributed by atoms with Gasteiger partial charge in [0.05, 0.1) is 19.8 Å². The lowest BCUT2D eigenvalue weighted by Gasteiger charge is -2.26. The van der Waals surface area contributed by atoms with Gasteiger partial charge in [-0.05, 0) is 30.7 Å². The molecule has 0 fully saturated rings. The molecule has 8 nitrogen and oxygen atoms in total. The number of rotatable bonds is 13. The van der Waals surface area contributed by atoms with Crippen molar-refractivity contribution in [1.29, 1.82) is 0 Å². The first-order chi connectivity index (χ1) is 14.6. The molecule has 3 atom stereocenters. The summed E-state index contributed by atoms with van der Waals surface area (Å²) in [7, 11) is 0. The zero-order chi connectivity index (χ0) is 23.4. The second-order valence-corrected chi connectivity index (χ2v) is 8.28. The number of esters is 1. The molecule has 0 unspecified atom stereocenters. The fourth-order valence-corrected chi connectivity index (χ4v) is 2.92. The molecular formula is C23H37N3O5. The molecule has 0 aliphatic heterocycles. The van der Waals surface area contributed by atoms with Crippen LogP contribution in [0.15, 0.2) is 30.3 Å². The maximum atomic E-state index is 12.9. The normalized spacial score (nSPS) is 14.1. The van der Waals surface area contributed by atoms with Crippen molar-refractivity contribution in [3.05, 3.63) is 35.9 Å². The van der Waals surface area contributed by atoms with Gasteiger partial charge in [-0.25, -0.2) is 4.79 Å². The minimum Gasteiger partial charge on any atom is -0.464 e. The Kier molecular flexibility index (Phi) is 11.8. The number of carbonyl (C=O) groups is 3. The highest BCUT2D eigenvalue weighted by Gasteiger charge is 2.30. The molecule has 0 aromatic heterocycles. The van der Waals surface area contributed by atoms with Gasteiger partial charge in [-0.2, -0.15) is 0 Å². The molecule has 1 aromatic rings. The van der Waals surface area contributed by atoms with Gasteiger partial charge < -0.3 is 25.8 Å². The molecule has 174 valence electrons. The molecule has 1 aromatic carbocycles. The zero-order valence-corrected chi connectivity index (χ0v) is 19.2. The largest absolute Gasteiger partial charge is 0.464 e. The number of amides is 2. The predicted octanol–water partition coefficient (Wildman–Crippen LogP) is 1.77.